The third kappa shape index (κ3) is 7.03. The molecule has 0 spiro atoms. The summed E-state index contributed by atoms with van der Waals surface area (Å²) < 4.78 is 14.4. The van der Waals surface area contributed by atoms with Crippen molar-refractivity contribution in [3.05, 3.63) is 92.6 Å². The number of morpholine rings is 1. The van der Waals surface area contributed by atoms with Crippen LogP contribution in [0.5, 0.6) is 0 Å². The molecule has 2 fully saturated rings. The first kappa shape index (κ1) is 33.0. The number of rotatable bonds is 5. The Hall–Kier alpha value is -3.90. The monoisotopic (exact) mass is 681 g/mol. The average molecular weight is 683 g/mol. The number of aliphatic hydroxyl groups is 1. The Balaban J connectivity index is 1.18. The van der Waals surface area contributed by atoms with E-state index < -0.39 is 17.3 Å². The molecule has 0 saturated carbocycles. The summed E-state index contributed by atoms with van der Waals surface area (Å²) in [5.41, 5.74) is 0.354. The Morgan fingerprint density at radius 1 is 1.04 bits per heavy atom. The molecule has 2 amide bonds. The fourth-order valence-electron chi connectivity index (χ4n) is 6.09. The molecule has 2 aromatic heterocycles. The summed E-state index contributed by atoms with van der Waals surface area (Å²) >= 11 is 12.6. The van der Waals surface area contributed by atoms with Crippen LogP contribution in [-0.4, -0.2) is 85.1 Å². The molecule has 0 aliphatic carbocycles. The molecular formula is C34H37Cl2N5O6. The second kappa shape index (κ2) is 13.0. The van der Waals surface area contributed by atoms with Crippen molar-refractivity contribution < 1.29 is 24.2 Å². The molecule has 47 heavy (non-hydrogen) atoms. The lowest BCUT2D eigenvalue weighted by atomic mass is 9.91. The van der Waals surface area contributed by atoms with E-state index in [1.165, 1.54) is 10.9 Å². The predicted octanol–water partition coefficient (Wildman–Crippen LogP) is 5.47. The van der Waals surface area contributed by atoms with E-state index in [1.807, 2.05) is 45.0 Å². The van der Waals surface area contributed by atoms with E-state index in [0.717, 1.165) is 5.56 Å². The van der Waals surface area contributed by atoms with Crippen molar-refractivity contribution in [3.8, 4) is 5.69 Å². The lowest BCUT2D eigenvalue weighted by Crippen LogP contribution is -2.49. The molecule has 0 unspecified atom stereocenters. The van der Waals surface area contributed by atoms with E-state index in [9.17, 15) is 19.5 Å². The summed E-state index contributed by atoms with van der Waals surface area (Å²) in [5.74, 6) is -0.125. The number of likely N-dealkylation sites (tertiary alicyclic amines) is 1. The van der Waals surface area contributed by atoms with Gasteiger partial charge in [-0.3, -0.25) is 23.6 Å². The van der Waals surface area contributed by atoms with E-state index in [1.54, 1.807) is 44.7 Å². The van der Waals surface area contributed by atoms with Gasteiger partial charge in [0, 0.05) is 35.9 Å². The first-order chi connectivity index (χ1) is 22.3. The summed E-state index contributed by atoms with van der Waals surface area (Å²) in [6.07, 6.45) is 1.65. The number of fused-ring (bicyclic) bond motifs is 1. The molecule has 1 N–H and O–H groups in total. The molecular weight excluding hydrogens is 645 g/mol. The molecule has 2 aromatic carbocycles. The van der Waals surface area contributed by atoms with Crippen LogP contribution in [-0.2, 0) is 16.0 Å². The van der Waals surface area contributed by atoms with Crippen LogP contribution in [0.15, 0.2) is 65.7 Å². The number of piperidine rings is 1. The Kier molecular flexibility index (Phi) is 9.10. The number of ether oxygens (including phenoxy) is 2. The fraction of sp³-hybridized carbons (Fsp3) is 0.412. The minimum atomic E-state index is -1.19. The second-order valence-electron chi connectivity index (χ2n) is 13.1. The zero-order chi connectivity index (χ0) is 33.5. The highest BCUT2D eigenvalue weighted by molar-refractivity contribution is 6.31. The van der Waals surface area contributed by atoms with Gasteiger partial charge in [-0.2, -0.15) is 0 Å². The normalized spacial score (nSPS) is 18.4. The van der Waals surface area contributed by atoms with Crippen molar-refractivity contribution in [2.45, 2.75) is 57.4 Å². The average Bonchev–Trinajstić information content (AvgIpc) is 3.38. The molecule has 0 radical (unpaired) electrons. The molecule has 0 bridgehead atoms. The zero-order valence-electron chi connectivity index (χ0n) is 26.5. The number of halogens is 2. The summed E-state index contributed by atoms with van der Waals surface area (Å²) in [4.78, 5) is 47.4. The maximum Gasteiger partial charge on any atom is 0.410 e. The van der Waals surface area contributed by atoms with Crippen LogP contribution >= 0.6 is 23.2 Å². The van der Waals surface area contributed by atoms with E-state index in [-0.39, 0.29) is 24.1 Å². The highest BCUT2D eigenvalue weighted by Crippen LogP contribution is 2.30. The van der Waals surface area contributed by atoms with E-state index in [0.29, 0.717) is 78.1 Å². The first-order valence-corrected chi connectivity index (χ1v) is 16.3. The fourth-order valence-corrected chi connectivity index (χ4v) is 6.50. The molecule has 2 aliphatic rings. The summed E-state index contributed by atoms with van der Waals surface area (Å²) in [5, 5.41) is 12.6. The van der Waals surface area contributed by atoms with Crippen LogP contribution in [0, 0.1) is 0 Å². The van der Waals surface area contributed by atoms with Gasteiger partial charge < -0.3 is 19.5 Å². The molecule has 248 valence electrons. The number of aromatic nitrogens is 3. The van der Waals surface area contributed by atoms with Gasteiger partial charge in [0.2, 0.25) is 0 Å². The van der Waals surface area contributed by atoms with Gasteiger partial charge in [0.15, 0.2) is 5.65 Å². The molecule has 2 aliphatic heterocycles. The van der Waals surface area contributed by atoms with Gasteiger partial charge in [-0.25, -0.2) is 9.78 Å². The number of carbonyl (C=O) groups is 2. The Morgan fingerprint density at radius 2 is 1.72 bits per heavy atom. The number of nitrogens with zero attached hydrogens (tertiary/aromatic N) is 5. The molecule has 1 atom stereocenters. The zero-order valence-corrected chi connectivity index (χ0v) is 28.0. The van der Waals surface area contributed by atoms with Crippen molar-refractivity contribution in [2.24, 2.45) is 0 Å². The van der Waals surface area contributed by atoms with Gasteiger partial charge in [-0.05, 0) is 81.6 Å². The van der Waals surface area contributed by atoms with Crippen molar-refractivity contribution in [1.29, 1.82) is 0 Å². The highest BCUT2D eigenvalue weighted by Gasteiger charge is 2.35. The van der Waals surface area contributed by atoms with E-state index in [4.69, 9.17) is 32.7 Å². The Bertz CT molecular complexity index is 1840. The Morgan fingerprint density at radius 3 is 2.38 bits per heavy atom. The maximum atomic E-state index is 13.6. The third-order valence-electron chi connectivity index (χ3n) is 8.57. The molecule has 4 heterocycles. The van der Waals surface area contributed by atoms with Crippen LogP contribution in [0.25, 0.3) is 16.7 Å². The lowest BCUT2D eigenvalue weighted by molar-refractivity contribution is -0.0331. The van der Waals surface area contributed by atoms with Crippen LogP contribution < -0.4 is 5.56 Å². The SMILES string of the molecule is CC(C)(C)OC(=O)N1CCOC[C@H]1c1ccc(-n2c(Cl)cc3c(=O)n(CC4(O)CCN(C(=O)c5ccc(Cl)cc5)CC4)cnc32)cc1. The van der Waals surface area contributed by atoms with Gasteiger partial charge in [-0.1, -0.05) is 35.3 Å². The number of hydrogen-bond acceptors (Lipinski definition) is 7. The second-order valence-corrected chi connectivity index (χ2v) is 13.9. The molecule has 11 nitrogen and oxygen atoms in total. The largest absolute Gasteiger partial charge is 0.444 e. The number of benzene rings is 2. The van der Waals surface area contributed by atoms with Crippen LogP contribution in [0.2, 0.25) is 10.2 Å². The summed E-state index contributed by atoms with van der Waals surface area (Å²) in [6, 6.07) is 15.5. The topological polar surface area (TPSA) is 119 Å². The molecule has 2 saturated heterocycles. The third-order valence-corrected chi connectivity index (χ3v) is 9.10. The lowest BCUT2D eigenvalue weighted by Gasteiger charge is -2.38. The molecule has 13 heteroatoms. The minimum absolute atomic E-state index is 0.0346. The van der Waals surface area contributed by atoms with Crippen molar-refractivity contribution in [3.63, 3.8) is 0 Å². The highest BCUT2D eigenvalue weighted by atomic mass is 35.5. The van der Waals surface area contributed by atoms with Gasteiger partial charge in [0.25, 0.3) is 11.5 Å². The van der Waals surface area contributed by atoms with E-state index >= 15 is 0 Å². The first-order valence-electron chi connectivity index (χ1n) is 15.5. The predicted molar refractivity (Wildman–Crippen MR) is 178 cm³/mol. The quantitative estimate of drug-likeness (QED) is 0.297. The van der Waals surface area contributed by atoms with Gasteiger partial charge in [-0.15, -0.1) is 0 Å². The van der Waals surface area contributed by atoms with Crippen LogP contribution in [0.3, 0.4) is 0 Å². The van der Waals surface area contributed by atoms with Crippen molar-refractivity contribution in [1.82, 2.24) is 23.9 Å². The molecule has 6 rings (SSSR count). The number of carbonyl (C=O) groups excluding carboxylic acids is 2. The van der Waals surface area contributed by atoms with Gasteiger partial charge in [0.05, 0.1) is 36.8 Å². The smallest absolute Gasteiger partial charge is 0.410 e. The van der Waals surface area contributed by atoms with Crippen molar-refractivity contribution >= 4 is 46.2 Å². The van der Waals surface area contributed by atoms with Crippen molar-refractivity contribution in [2.75, 3.05) is 32.8 Å². The van der Waals surface area contributed by atoms with Crippen LogP contribution in [0.4, 0.5) is 4.79 Å². The number of hydrogen-bond donors (Lipinski definition) is 1. The van der Waals surface area contributed by atoms with E-state index in [2.05, 4.69) is 4.98 Å². The maximum absolute atomic E-state index is 13.6. The standard InChI is InChI=1S/C34H37Cl2N5O6/c1-33(2,3)47-32(44)40-16-17-46-19-27(40)22-6-10-25(11-7-22)41-28(36)18-26-29(41)37-21-39(31(26)43)20-34(45)12-14-38(15-13-34)30(42)23-4-8-24(35)9-5-23/h4-11,18,21,27,45H,12-17,19-20H2,1-3H3/t27-/m0/s1. The minimum Gasteiger partial charge on any atom is -0.444 e. The summed E-state index contributed by atoms with van der Waals surface area (Å²) in [6.45, 7) is 7.43. The van der Waals surface area contributed by atoms with Crippen LogP contribution in [0.1, 0.15) is 55.6 Å². The van der Waals surface area contributed by atoms with Gasteiger partial charge in [0.1, 0.15) is 17.1 Å². The Labute approximate surface area is 282 Å². The summed E-state index contributed by atoms with van der Waals surface area (Å²) in [7, 11) is 0. The number of amides is 2. The van der Waals surface area contributed by atoms with Gasteiger partial charge >= 0.3 is 6.09 Å². The molecule has 4 aromatic rings.